The summed E-state index contributed by atoms with van der Waals surface area (Å²) in [6, 6.07) is 47.7. The highest BCUT2D eigenvalue weighted by atomic mass is 14.9. The third-order valence-electron chi connectivity index (χ3n) is 9.14. The highest BCUT2D eigenvalue weighted by Crippen LogP contribution is 2.37. The first kappa shape index (κ1) is 29.3. The molecule has 224 valence electrons. The zero-order valence-electron chi connectivity index (χ0n) is 26.1. The number of hydrogen-bond acceptors (Lipinski definition) is 2. The van der Waals surface area contributed by atoms with Gasteiger partial charge in [-0.25, -0.2) is 0 Å². The Morgan fingerprint density at radius 2 is 1.30 bits per heavy atom. The highest BCUT2D eigenvalue weighted by molar-refractivity contribution is 5.88. The summed E-state index contributed by atoms with van der Waals surface area (Å²) in [7, 11) is 0. The number of para-hydroxylation sites is 1. The molecule has 0 spiro atoms. The number of nitrogens with one attached hydrogen (secondary N) is 2. The lowest BCUT2D eigenvalue weighted by molar-refractivity contribution is 0.637. The van der Waals surface area contributed by atoms with Gasteiger partial charge < -0.3 is 10.7 Å². The fourth-order valence-corrected chi connectivity index (χ4v) is 6.63. The molecular formula is C44H38N2. The monoisotopic (exact) mass is 594 g/mol. The van der Waals surface area contributed by atoms with Crippen molar-refractivity contribution in [1.29, 1.82) is 5.41 Å². The SMILES string of the molecule is CC1C=CC(c2cccc(C=N)c2)=CC1c1ccc(-c2cccc(C3=CC(Nc4ccccc4)CC(c4ccccc4)=C3)c2)cc1. The van der Waals surface area contributed by atoms with E-state index in [1.807, 2.05) is 12.1 Å². The lowest BCUT2D eigenvalue weighted by Crippen LogP contribution is -2.20. The quantitative estimate of drug-likeness (QED) is 0.172. The lowest BCUT2D eigenvalue weighted by Gasteiger charge is -2.25. The number of benzene rings is 5. The molecular weight excluding hydrogens is 556 g/mol. The van der Waals surface area contributed by atoms with Gasteiger partial charge in [0.2, 0.25) is 0 Å². The first-order valence-electron chi connectivity index (χ1n) is 16.1. The van der Waals surface area contributed by atoms with E-state index in [9.17, 15) is 0 Å². The van der Waals surface area contributed by atoms with Crippen molar-refractivity contribution in [2.24, 2.45) is 5.92 Å². The van der Waals surface area contributed by atoms with Crippen molar-refractivity contribution in [1.82, 2.24) is 0 Å². The fourth-order valence-electron chi connectivity index (χ4n) is 6.63. The molecule has 46 heavy (non-hydrogen) atoms. The van der Waals surface area contributed by atoms with E-state index in [0.29, 0.717) is 11.8 Å². The summed E-state index contributed by atoms with van der Waals surface area (Å²) in [5, 5.41) is 11.4. The molecule has 0 aromatic heterocycles. The van der Waals surface area contributed by atoms with Crippen LogP contribution < -0.4 is 5.32 Å². The Balaban J connectivity index is 1.16. The number of allylic oxidation sites excluding steroid dienone is 6. The van der Waals surface area contributed by atoms with Crippen LogP contribution in [0.3, 0.4) is 0 Å². The van der Waals surface area contributed by atoms with Crippen LogP contribution in [0.4, 0.5) is 5.69 Å². The van der Waals surface area contributed by atoms with E-state index in [0.717, 1.165) is 23.2 Å². The number of hydrogen-bond donors (Lipinski definition) is 2. The minimum absolute atomic E-state index is 0.192. The molecule has 0 saturated heterocycles. The van der Waals surface area contributed by atoms with E-state index in [4.69, 9.17) is 5.41 Å². The summed E-state index contributed by atoms with van der Waals surface area (Å²) in [4.78, 5) is 0. The predicted octanol–water partition coefficient (Wildman–Crippen LogP) is 11.1. The molecule has 2 heteroatoms. The Bertz CT molecular complexity index is 1960. The highest BCUT2D eigenvalue weighted by Gasteiger charge is 2.21. The Labute approximate surface area is 272 Å². The molecule has 2 aliphatic carbocycles. The van der Waals surface area contributed by atoms with Crippen LogP contribution in [0.15, 0.2) is 164 Å². The second-order valence-corrected chi connectivity index (χ2v) is 12.3. The van der Waals surface area contributed by atoms with Crippen LogP contribution in [0.1, 0.15) is 47.1 Å². The molecule has 3 atom stereocenters. The summed E-state index contributed by atoms with van der Waals surface area (Å²) in [5.41, 5.74) is 13.3. The second-order valence-electron chi connectivity index (χ2n) is 12.3. The molecule has 7 rings (SSSR count). The standard InChI is InChI=1S/C44H38N2/c1-31-18-19-39(36-13-8-10-32(24-36)30-45)29-44(31)35-22-20-34(21-23-35)37-14-9-15-38(25-37)41-26-40(33-11-4-2-5-12-33)27-43(28-41)46-42-16-6-3-7-17-42/h2-26,28-31,43-46H,27H2,1H3. The van der Waals surface area contributed by atoms with Crippen LogP contribution in [-0.4, -0.2) is 12.3 Å². The predicted molar refractivity (Wildman–Crippen MR) is 196 cm³/mol. The zero-order valence-corrected chi connectivity index (χ0v) is 26.1. The maximum absolute atomic E-state index is 7.65. The summed E-state index contributed by atoms with van der Waals surface area (Å²) in [5.74, 6) is 0.706. The topological polar surface area (TPSA) is 35.9 Å². The van der Waals surface area contributed by atoms with Gasteiger partial charge in [-0.3, -0.25) is 0 Å². The normalized spacial score (nSPS) is 19.1. The minimum atomic E-state index is 0.192. The van der Waals surface area contributed by atoms with Crippen LogP contribution in [0.5, 0.6) is 0 Å². The fraction of sp³-hybridized carbons (Fsp3) is 0.114. The summed E-state index contributed by atoms with van der Waals surface area (Å²) >= 11 is 0. The van der Waals surface area contributed by atoms with E-state index in [2.05, 4.69) is 164 Å². The Kier molecular flexibility index (Phi) is 8.43. The van der Waals surface area contributed by atoms with E-state index < -0.39 is 0 Å². The first-order chi connectivity index (χ1) is 22.6. The van der Waals surface area contributed by atoms with Gasteiger partial charge in [0.05, 0.1) is 0 Å². The van der Waals surface area contributed by atoms with Gasteiger partial charge in [-0.05, 0) is 92.3 Å². The van der Waals surface area contributed by atoms with Crippen molar-refractivity contribution in [2.75, 3.05) is 5.32 Å². The second kappa shape index (κ2) is 13.3. The summed E-state index contributed by atoms with van der Waals surface area (Å²) in [6.07, 6.45) is 14.0. The van der Waals surface area contributed by atoms with Crippen molar-refractivity contribution < 1.29 is 0 Å². The van der Waals surface area contributed by atoms with Gasteiger partial charge in [0.1, 0.15) is 0 Å². The molecule has 0 aliphatic heterocycles. The van der Waals surface area contributed by atoms with Crippen LogP contribution in [0.2, 0.25) is 0 Å². The molecule has 0 bridgehead atoms. The molecule has 0 fully saturated rings. The third-order valence-corrected chi connectivity index (χ3v) is 9.14. The molecule has 0 radical (unpaired) electrons. The van der Waals surface area contributed by atoms with E-state index in [1.165, 1.54) is 50.8 Å². The van der Waals surface area contributed by atoms with Crippen LogP contribution >= 0.6 is 0 Å². The van der Waals surface area contributed by atoms with Gasteiger partial charge in [0.25, 0.3) is 0 Å². The summed E-state index contributed by atoms with van der Waals surface area (Å²) < 4.78 is 0. The average molecular weight is 595 g/mol. The molecule has 2 N–H and O–H groups in total. The Morgan fingerprint density at radius 1 is 0.630 bits per heavy atom. The summed E-state index contributed by atoms with van der Waals surface area (Å²) in [6.45, 7) is 2.29. The number of anilines is 1. The van der Waals surface area contributed by atoms with E-state index in [-0.39, 0.29) is 6.04 Å². The molecule has 0 amide bonds. The zero-order chi connectivity index (χ0) is 31.3. The van der Waals surface area contributed by atoms with Crippen molar-refractivity contribution in [3.8, 4) is 11.1 Å². The van der Waals surface area contributed by atoms with Gasteiger partial charge in [-0.1, -0.05) is 146 Å². The molecule has 2 nitrogen and oxygen atoms in total. The van der Waals surface area contributed by atoms with E-state index in [1.54, 1.807) is 0 Å². The van der Waals surface area contributed by atoms with Gasteiger partial charge in [-0.2, -0.15) is 0 Å². The maximum Gasteiger partial charge on any atom is 0.0493 e. The van der Waals surface area contributed by atoms with Crippen LogP contribution in [0.25, 0.3) is 27.8 Å². The average Bonchev–Trinajstić information content (AvgIpc) is 3.13. The minimum Gasteiger partial charge on any atom is -0.378 e. The molecule has 5 aromatic carbocycles. The Morgan fingerprint density at radius 3 is 2.07 bits per heavy atom. The Hall–Kier alpha value is -5.47. The molecule has 3 unspecified atom stereocenters. The van der Waals surface area contributed by atoms with Gasteiger partial charge in [-0.15, -0.1) is 0 Å². The van der Waals surface area contributed by atoms with Gasteiger partial charge in [0, 0.05) is 23.9 Å². The molecule has 2 aliphatic rings. The van der Waals surface area contributed by atoms with Crippen molar-refractivity contribution in [2.45, 2.75) is 25.3 Å². The number of rotatable bonds is 8. The largest absolute Gasteiger partial charge is 0.378 e. The van der Waals surface area contributed by atoms with Crippen molar-refractivity contribution >= 4 is 28.6 Å². The molecule has 0 saturated carbocycles. The smallest absolute Gasteiger partial charge is 0.0493 e. The lowest BCUT2D eigenvalue weighted by atomic mass is 9.80. The van der Waals surface area contributed by atoms with Crippen LogP contribution in [0, 0.1) is 11.3 Å². The van der Waals surface area contributed by atoms with Crippen molar-refractivity contribution in [3.63, 3.8) is 0 Å². The van der Waals surface area contributed by atoms with Gasteiger partial charge in [0.15, 0.2) is 0 Å². The van der Waals surface area contributed by atoms with E-state index >= 15 is 0 Å². The molecule has 0 heterocycles. The van der Waals surface area contributed by atoms with Gasteiger partial charge >= 0.3 is 0 Å². The van der Waals surface area contributed by atoms with Crippen LogP contribution in [-0.2, 0) is 0 Å². The maximum atomic E-state index is 7.65. The molecule has 5 aromatic rings. The van der Waals surface area contributed by atoms with Crippen molar-refractivity contribution in [3.05, 3.63) is 192 Å². The first-order valence-corrected chi connectivity index (χ1v) is 16.1. The third kappa shape index (κ3) is 6.48.